The first-order valence-electron chi connectivity index (χ1n) is 11.9. The van der Waals surface area contributed by atoms with Gasteiger partial charge in [-0.1, -0.05) is 11.6 Å². The fourth-order valence-electron chi connectivity index (χ4n) is 5.00. The molecule has 1 aromatic carbocycles. The minimum atomic E-state index is -0.248. The number of anilines is 1. The van der Waals surface area contributed by atoms with E-state index >= 15 is 0 Å². The summed E-state index contributed by atoms with van der Waals surface area (Å²) in [5.41, 5.74) is 6.57. The number of methoxy groups -OCH3 is 2. The normalized spacial score (nSPS) is 24.5. The first-order chi connectivity index (χ1) is 15.9. The number of rotatable bonds is 7. The zero-order valence-corrected chi connectivity index (χ0v) is 20.3. The number of nitrogens with two attached hydrogens (primary N) is 1. The molecule has 0 bridgehead atoms. The highest BCUT2D eigenvalue weighted by Crippen LogP contribution is 2.33. The van der Waals surface area contributed by atoms with E-state index in [2.05, 4.69) is 15.1 Å². The van der Waals surface area contributed by atoms with Gasteiger partial charge in [0.2, 0.25) is 5.91 Å². The van der Waals surface area contributed by atoms with E-state index in [0.29, 0.717) is 39.8 Å². The van der Waals surface area contributed by atoms with Crippen LogP contribution in [0, 0.1) is 11.8 Å². The molecule has 2 atom stereocenters. The summed E-state index contributed by atoms with van der Waals surface area (Å²) in [6.07, 6.45) is 4.96. The van der Waals surface area contributed by atoms with E-state index in [1.165, 1.54) is 7.11 Å². The van der Waals surface area contributed by atoms with Gasteiger partial charge in [0.1, 0.15) is 5.75 Å². The Morgan fingerprint density at radius 3 is 2.48 bits per heavy atom. The van der Waals surface area contributed by atoms with Crippen molar-refractivity contribution in [3.8, 4) is 5.75 Å². The summed E-state index contributed by atoms with van der Waals surface area (Å²) in [6.45, 7) is 4.43. The molecule has 4 rings (SSSR count). The van der Waals surface area contributed by atoms with Crippen molar-refractivity contribution in [3.63, 3.8) is 0 Å². The Morgan fingerprint density at radius 1 is 1.12 bits per heavy atom. The van der Waals surface area contributed by atoms with Gasteiger partial charge < -0.3 is 30.3 Å². The molecular weight excluding hydrogens is 444 g/mol. The first-order valence-corrected chi connectivity index (χ1v) is 12.2. The molecule has 3 aliphatic rings. The average Bonchev–Trinajstić information content (AvgIpc) is 3.67. The third-order valence-electron chi connectivity index (χ3n) is 7.20. The summed E-state index contributed by atoms with van der Waals surface area (Å²) in [5, 5.41) is 3.43. The highest BCUT2D eigenvalue weighted by molar-refractivity contribution is 6.33. The van der Waals surface area contributed by atoms with E-state index in [1.807, 2.05) is 0 Å². The molecule has 0 unspecified atom stereocenters. The lowest BCUT2D eigenvalue weighted by atomic mass is 9.93. The molecule has 2 heterocycles. The summed E-state index contributed by atoms with van der Waals surface area (Å²) in [4.78, 5) is 29.7. The molecule has 1 aliphatic carbocycles. The molecule has 0 radical (unpaired) electrons. The number of likely N-dealkylation sites (tertiary alicyclic amines) is 2. The predicted molar refractivity (Wildman–Crippen MR) is 128 cm³/mol. The van der Waals surface area contributed by atoms with Gasteiger partial charge in [0.05, 0.1) is 35.5 Å². The van der Waals surface area contributed by atoms with Gasteiger partial charge in [-0.2, -0.15) is 0 Å². The van der Waals surface area contributed by atoms with Crippen LogP contribution in [-0.4, -0.2) is 80.7 Å². The molecule has 8 nitrogen and oxygen atoms in total. The minimum Gasteiger partial charge on any atom is -0.496 e. The second kappa shape index (κ2) is 10.5. The molecule has 33 heavy (non-hydrogen) atoms. The minimum absolute atomic E-state index is 0.0993. The zero-order valence-electron chi connectivity index (χ0n) is 19.5. The molecule has 1 aromatic rings. The lowest BCUT2D eigenvalue weighted by Crippen LogP contribution is -2.55. The van der Waals surface area contributed by atoms with Crippen molar-refractivity contribution in [2.45, 2.75) is 44.2 Å². The number of hydrogen-bond acceptors (Lipinski definition) is 6. The molecule has 1 saturated carbocycles. The Labute approximate surface area is 200 Å². The maximum Gasteiger partial charge on any atom is 0.255 e. The maximum atomic E-state index is 13.0. The van der Waals surface area contributed by atoms with Crippen LogP contribution < -0.4 is 15.8 Å². The molecule has 9 heteroatoms. The van der Waals surface area contributed by atoms with E-state index in [9.17, 15) is 9.59 Å². The number of piperidine rings is 2. The van der Waals surface area contributed by atoms with Crippen molar-refractivity contribution < 1.29 is 19.1 Å². The van der Waals surface area contributed by atoms with E-state index in [4.69, 9.17) is 26.8 Å². The molecular formula is C24H35ClN4O4. The van der Waals surface area contributed by atoms with E-state index < -0.39 is 0 Å². The SMILES string of the molecule is COc1cc(N)c(Cl)cc1C(=O)N[C@@H]1CCN(CC2CCN(C(=O)C3CC3)CC2)C[C@@H]1OC. The number of halogens is 1. The summed E-state index contributed by atoms with van der Waals surface area (Å²) in [7, 11) is 3.19. The Balaban J connectivity index is 1.29. The van der Waals surface area contributed by atoms with Crippen LogP contribution in [0.25, 0.3) is 0 Å². The van der Waals surface area contributed by atoms with Crippen LogP contribution in [0.5, 0.6) is 5.75 Å². The second-order valence-corrected chi connectivity index (χ2v) is 9.93. The highest BCUT2D eigenvalue weighted by atomic mass is 35.5. The molecule has 0 spiro atoms. The molecule has 3 N–H and O–H groups in total. The van der Waals surface area contributed by atoms with Gasteiger partial charge >= 0.3 is 0 Å². The maximum absolute atomic E-state index is 13.0. The fourth-order valence-corrected chi connectivity index (χ4v) is 5.17. The summed E-state index contributed by atoms with van der Waals surface area (Å²) < 4.78 is 11.1. The number of carbonyl (C=O) groups is 2. The van der Waals surface area contributed by atoms with Crippen molar-refractivity contribution in [1.82, 2.24) is 15.1 Å². The van der Waals surface area contributed by atoms with Gasteiger partial charge in [-0.15, -0.1) is 0 Å². The average molecular weight is 479 g/mol. The summed E-state index contributed by atoms with van der Waals surface area (Å²) in [6, 6.07) is 3.01. The fraction of sp³-hybridized carbons (Fsp3) is 0.667. The Morgan fingerprint density at radius 2 is 1.85 bits per heavy atom. The number of carbonyl (C=O) groups excluding carboxylic acids is 2. The van der Waals surface area contributed by atoms with Crippen LogP contribution in [0.2, 0.25) is 5.02 Å². The number of nitrogen functional groups attached to an aromatic ring is 1. The molecule has 0 aromatic heterocycles. The van der Waals surface area contributed by atoms with Crippen LogP contribution in [-0.2, 0) is 9.53 Å². The Bertz CT molecular complexity index is 870. The number of hydrogen-bond donors (Lipinski definition) is 2. The third-order valence-corrected chi connectivity index (χ3v) is 7.52. The van der Waals surface area contributed by atoms with Crippen molar-refractivity contribution >= 4 is 29.1 Å². The van der Waals surface area contributed by atoms with Crippen molar-refractivity contribution in [1.29, 1.82) is 0 Å². The van der Waals surface area contributed by atoms with E-state index in [-0.39, 0.29) is 18.1 Å². The van der Waals surface area contributed by atoms with Gasteiger partial charge in [0.15, 0.2) is 0 Å². The number of benzene rings is 1. The lowest BCUT2D eigenvalue weighted by Gasteiger charge is -2.41. The smallest absolute Gasteiger partial charge is 0.255 e. The lowest BCUT2D eigenvalue weighted by molar-refractivity contribution is -0.134. The topological polar surface area (TPSA) is 97.1 Å². The molecule has 3 fully saturated rings. The van der Waals surface area contributed by atoms with Crippen LogP contribution in [0.15, 0.2) is 12.1 Å². The Hall–Kier alpha value is -2.03. The number of nitrogens with one attached hydrogen (secondary N) is 1. The van der Waals surface area contributed by atoms with Crippen LogP contribution in [0.4, 0.5) is 5.69 Å². The third kappa shape index (κ3) is 5.73. The standard InChI is InChI=1S/C24H35ClN4O4/c1-32-21-12-19(26)18(25)11-17(21)23(30)27-20-7-8-28(14-22(20)33-2)13-15-5-9-29(10-6-15)24(31)16-3-4-16/h11-12,15-16,20,22H,3-10,13-14,26H2,1-2H3,(H,27,30)/t20-,22+/m1/s1. The molecule has 182 valence electrons. The number of ether oxygens (including phenoxy) is 2. The van der Waals surface area contributed by atoms with Gasteiger partial charge in [-0.25, -0.2) is 0 Å². The van der Waals surface area contributed by atoms with Gasteiger partial charge in [0, 0.05) is 51.8 Å². The highest BCUT2D eigenvalue weighted by Gasteiger charge is 2.36. The predicted octanol–water partition coefficient (Wildman–Crippen LogP) is 2.40. The van der Waals surface area contributed by atoms with E-state index in [1.54, 1.807) is 19.2 Å². The number of amides is 2. The zero-order chi connectivity index (χ0) is 23.5. The monoisotopic (exact) mass is 478 g/mol. The van der Waals surface area contributed by atoms with Crippen LogP contribution in [0.1, 0.15) is 42.5 Å². The quantitative estimate of drug-likeness (QED) is 0.584. The Kier molecular flexibility index (Phi) is 7.66. The summed E-state index contributed by atoms with van der Waals surface area (Å²) in [5.74, 6) is 1.42. The van der Waals surface area contributed by atoms with Crippen molar-refractivity contribution in [2.24, 2.45) is 11.8 Å². The van der Waals surface area contributed by atoms with Crippen LogP contribution in [0.3, 0.4) is 0 Å². The van der Waals surface area contributed by atoms with Gasteiger partial charge in [0.25, 0.3) is 5.91 Å². The summed E-state index contributed by atoms with van der Waals surface area (Å²) >= 11 is 6.13. The van der Waals surface area contributed by atoms with E-state index in [0.717, 1.165) is 64.8 Å². The first kappa shape index (κ1) is 24.1. The van der Waals surface area contributed by atoms with Crippen LogP contribution >= 0.6 is 11.6 Å². The largest absolute Gasteiger partial charge is 0.496 e. The number of nitrogens with zero attached hydrogens (tertiary/aromatic N) is 2. The molecule has 2 amide bonds. The molecule has 2 saturated heterocycles. The van der Waals surface area contributed by atoms with Crippen molar-refractivity contribution in [3.05, 3.63) is 22.7 Å². The van der Waals surface area contributed by atoms with Gasteiger partial charge in [-0.3, -0.25) is 9.59 Å². The second-order valence-electron chi connectivity index (χ2n) is 9.52. The van der Waals surface area contributed by atoms with Crippen molar-refractivity contribution in [2.75, 3.05) is 52.7 Å². The molecule has 2 aliphatic heterocycles. The van der Waals surface area contributed by atoms with Gasteiger partial charge in [-0.05, 0) is 44.1 Å².